The van der Waals surface area contributed by atoms with Gasteiger partial charge in [0.2, 0.25) is 0 Å². The molecule has 11 heteroatoms. The molecule has 0 spiro atoms. The van der Waals surface area contributed by atoms with Gasteiger partial charge in [0.1, 0.15) is 6.10 Å². The third kappa shape index (κ3) is 5.80. The number of nitrogens with zero attached hydrogens (tertiary/aromatic N) is 1. The molecule has 0 unspecified atom stereocenters. The molecule has 1 saturated heterocycles. The van der Waals surface area contributed by atoms with Crippen LogP contribution in [0.4, 0.5) is 15.3 Å². The Hall–Kier alpha value is -3.60. The molecule has 0 aromatic heterocycles. The lowest BCUT2D eigenvalue weighted by Gasteiger charge is -2.23. The number of urea groups is 1. The molecule has 33 heavy (non-hydrogen) atoms. The molecule has 0 bridgehead atoms. The molecular weight excluding hydrogens is 450 g/mol. The van der Waals surface area contributed by atoms with E-state index in [1.165, 1.54) is 19.2 Å². The largest absolute Gasteiger partial charge is 0.469 e. The number of benzene rings is 2. The lowest BCUT2D eigenvalue weighted by atomic mass is 10.1. The van der Waals surface area contributed by atoms with E-state index in [1.807, 2.05) is 6.07 Å². The van der Waals surface area contributed by atoms with Crippen LogP contribution in [0.1, 0.15) is 18.4 Å². The number of aryl methyl sites for hydroxylation is 1. The van der Waals surface area contributed by atoms with Crippen molar-refractivity contribution < 1.29 is 32.3 Å². The minimum atomic E-state index is -4.27. The number of carbonyl (C=O) groups excluding carboxylic acids is 3. The van der Waals surface area contributed by atoms with Crippen LogP contribution in [0.25, 0.3) is 0 Å². The Bertz CT molecular complexity index is 1100. The number of carbonyl (C=O) groups is 3. The molecule has 10 nitrogen and oxygen atoms in total. The van der Waals surface area contributed by atoms with E-state index in [4.69, 9.17) is 4.74 Å². The minimum Gasteiger partial charge on any atom is -0.469 e. The zero-order chi connectivity index (χ0) is 24.0. The van der Waals surface area contributed by atoms with E-state index in [0.29, 0.717) is 9.99 Å². The standard InChI is InChI=1S/C22H25N3O7S/c1-15-8-10-17(11-9-15)33(29,30)25-18(14-20(26)31-2)19(32-22(25)28)12-13-23-21(27)24-16-6-4-3-5-7-16/h3-11,18-19H,12-14H2,1-2H3,(H2,23,24,27)/t18-,19-/m0/s1. The molecule has 2 aromatic carbocycles. The number of rotatable bonds is 8. The number of sulfonamides is 1. The molecule has 2 aromatic rings. The van der Waals surface area contributed by atoms with E-state index in [0.717, 1.165) is 5.56 Å². The van der Waals surface area contributed by atoms with Crippen LogP contribution in [0.5, 0.6) is 0 Å². The molecule has 0 radical (unpaired) electrons. The number of esters is 1. The van der Waals surface area contributed by atoms with E-state index in [1.54, 1.807) is 43.3 Å². The first kappa shape index (κ1) is 24.1. The van der Waals surface area contributed by atoms with Gasteiger partial charge in [0.05, 0.1) is 24.5 Å². The SMILES string of the molecule is COC(=O)C[C@H]1[C@H](CCNC(=O)Nc2ccccc2)OC(=O)N1S(=O)(=O)c1ccc(C)cc1. The summed E-state index contributed by atoms with van der Waals surface area (Å²) in [5, 5.41) is 5.28. The number of hydrogen-bond acceptors (Lipinski definition) is 7. The lowest BCUT2D eigenvalue weighted by Crippen LogP contribution is -2.43. The summed E-state index contributed by atoms with van der Waals surface area (Å²) in [4.78, 5) is 36.5. The molecular formula is C22H25N3O7S. The quantitative estimate of drug-likeness (QED) is 0.561. The van der Waals surface area contributed by atoms with E-state index in [-0.39, 0.29) is 24.3 Å². The average Bonchev–Trinajstić information content (AvgIpc) is 3.09. The predicted molar refractivity (Wildman–Crippen MR) is 119 cm³/mol. The van der Waals surface area contributed by atoms with Gasteiger partial charge in [0.25, 0.3) is 10.0 Å². The molecule has 3 amide bonds. The fourth-order valence-electron chi connectivity index (χ4n) is 3.39. The van der Waals surface area contributed by atoms with Gasteiger partial charge in [-0.05, 0) is 31.2 Å². The molecule has 0 aliphatic carbocycles. The van der Waals surface area contributed by atoms with Crippen LogP contribution >= 0.6 is 0 Å². The Balaban J connectivity index is 1.72. The number of amides is 3. The average molecular weight is 476 g/mol. The van der Waals surface area contributed by atoms with Crippen LogP contribution in [0.2, 0.25) is 0 Å². The van der Waals surface area contributed by atoms with Gasteiger partial charge in [-0.1, -0.05) is 35.9 Å². The Kier molecular flexibility index (Phi) is 7.54. The molecule has 2 atom stereocenters. The maximum Gasteiger partial charge on any atom is 0.424 e. The monoisotopic (exact) mass is 475 g/mol. The number of nitrogens with one attached hydrogen (secondary N) is 2. The van der Waals surface area contributed by atoms with Gasteiger partial charge in [-0.25, -0.2) is 18.0 Å². The van der Waals surface area contributed by atoms with Crippen LogP contribution in [0, 0.1) is 6.92 Å². The zero-order valence-electron chi connectivity index (χ0n) is 18.2. The highest BCUT2D eigenvalue weighted by atomic mass is 32.2. The first-order valence-electron chi connectivity index (χ1n) is 10.2. The Morgan fingerprint density at radius 3 is 2.39 bits per heavy atom. The fraction of sp³-hybridized carbons (Fsp3) is 0.318. The van der Waals surface area contributed by atoms with Crippen molar-refractivity contribution in [2.45, 2.75) is 36.8 Å². The summed E-state index contributed by atoms with van der Waals surface area (Å²) in [6.45, 7) is 1.88. The fourth-order valence-corrected chi connectivity index (χ4v) is 4.90. The van der Waals surface area contributed by atoms with Crippen molar-refractivity contribution in [3.63, 3.8) is 0 Å². The Morgan fingerprint density at radius 2 is 1.76 bits per heavy atom. The molecule has 2 N–H and O–H groups in total. The number of ether oxygens (including phenoxy) is 2. The van der Waals surface area contributed by atoms with Gasteiger partial charge in [-0.15, -0.1) is 0 Å². The van der Waals surface area contributed by atoms with Gasteiger partial charge in [-0.3, -0.25) is 4.79 Å². The maximum atomic E-state index is 13.2. The minimum absolute atomic E-state index is 0.0761. The highest BCUT2D eigenvalue weighted by Crippen LogP contribution is 2.31. The van der Waals surface area contributed by atoms with Crippen LogP contribution in [0.15, 0.2) is 59.5 Å². The predicted octanol–water partition coefficient (Wildman–Crippen LogP) is 2.65. The summed E-state index contributed by atoms with van der Waals surface area (Å²) in [6.07, 6.45) is -2.32. The number of cyclic esters (lactones) is 1. The van der Waals surface area contributed by atoms with E-state index in [9.17, 15) is 22.8 Å². The van der Waals surface area contributed by atoms with Gasteiger partial charge < -0.3 is 20.1 Å². The smallest absolute Gasteiger partial charge is 0.424 e. The van der Waals surface area contributed by atoms with Gasteiger partial charge in [-0.2, -0.15) is 4.31 Å². The Labute approximate surface area is 191 Å². The van der Waals surface area contributed by atoms with Crippen molar-refractivity contribution in [1.82, 2.24) is 9.62 Å². The third-order valence-corrected chi connectivity index (χ3v) is 6.90. The van der Waals surface area contributed by atoms with Crippen LogP contribution in [-0.4, -0.2) is 56.6 Å². The van der Waals surface area contributed by atoms with Crippen LogP contribution in [0.3, 0.4) is 0 Å². The van der Waals surface area contributed by atoms with Gasteiger partial charge in [0.15, 0.2) is 0 Å². The molecule has 1 fully saturated rings. The Morgan fingerprint density at radius 1 is 1.09 bits per heavy atom. The molecule has 1 aliphatic rings. The summed E-state index contributed by atoms with van der Waals surface area (Å²) in [5.41, 5.74) is 1.45. The highest BCUT2D eigenvalue weighted by molar-refractivity contribution is 7.89. The molecule has 0 saturated carbocycles. The van der Waals surface area contributed by atoms with E-state index in [2.05, 4.69) is 15.4 Å². The second-order valence-corrected chi connectivity index (χ2v) is 9.23. The number of hydrogen-bond donors (Lipinski definition) is 2. The van der Waals surface area contributed by atoms with Crippen molar-refractivity contribution in [2.75, 3.05) is 19.0 Å². The van der Waals surface area contributed by atoms with Crippen molar-refractivity contribution in [3.05, 3.63) is 60.2 Å². The molecule has 1 heterocycles. The summed E-state index contributed by atoms with van der Waals surface area (Å²) >= 11 is 0. The number of anilines is 1. The van der Waals surface area contributed by atoms with Crippen LogP contribution in [-0.2, 0) is 24.3 Å². The first-order chi connectivity index (χ1) is 15.7. The highest BCUT2D eigenvalue weighted by Gasteiger charge is 2.49. The second kappa shape index (κ2) is 10.3. The van der Waals surface area contributed by atoms with Gasteiger partial charge >= 0.3 is 18.1 Å². The number of methoxy groups -OCH3 is 1. The normalized spacial score (nSPS) is 17.9. The van der Waals surface area contributed by atoms with Crippen molar-refractivity contribution in [2.24, 2.45) is 0 Å². The van der Waals surface area contributed by atoms with Crippen LogP contribution < -0.4 is 10.6 Å². The first-order valence-corrected chi connectivity index (χ1v) is 11.6. The van der Waals surface area contributed by atoms with E-state index < -0.39 is 40.3 Å². The molecule has 1 aliphatic heterocycles. The van der Waals surface area contributed by atoms with Crippen molar-refractivity contribution in [3.8, 4) is 0 Å². The lowest BCUT2D eigenvalue weighted by molar-refractivity contribution is -0.141. The van der Waals surface area contributed by atoms with Gasteiger partial charge in [0, 0.05) is 18.7 Å². The summed E-state index contributed by atoms with van der Waals surface area (Å²) < 4.78 is 36.9. The second-order valence-electron chi connectivity index (χ2n) is 7.42. The van der Waals surface area contributed by atoms with Crippen molar-refractivity contribution in [1.29, 1.82) is 0 Å². The topological polar surface area (TPSA) is 131 Å². The third-order valence-electron chi connectivity index (χ3n) is 5.09. The number of para-hydroxylation sites is 1. The van der Waals surface area contributed by atoms with Crippen molar-refractivity contribution >= 4 is 33.8 Å². The zero-order valence-corrected chi connectivity index (χ0v) is 19.0. The summed E-state index contributed by atoms with van der Waals surface area (Å²) in [7, 11) is -3.10. The summed E-state index contributed by atoms with van der Waals surface area (Å²) in [6, 6.07) is 13.2. The summed E-state index contributed by atoms with van der Waals surface area (Å²) in [5.74, 6) is -0.692. The molecule has 3 rings (SSSR count). The van der Waals surface area contributed by atoms with E-state index >= 15 is 0 Å². The maximum absolute atomic E-state index is 13.2. The molecule has 176 valence electrons.